The Balaban J connectivity index is 1.39. The molecule has 2 atom stereocenters. The number of rotatable bonds is 18. The van der Waals surface area contributed by atoms with Crippen molar-refractivity contribution in [2.24, 2.45) is 0 Å². The van der Waals surface area contributed by atoms with Gasteiger partial charge < -0.3 is 27.8 Å². The van der Waals surface area contributed by atoms with Crippen molar-refractivity contribution in [2.45, 2.75) is 69.7 Å². The van der Waals surface area contributed by atoms with E-state index in [2.05, 4.69) is 26.2 Å². The van der Waals surface area contributed by atoms with Crippen LogP contribution in [0.4, 0.5) is 0 Å². The highest BCUT2D eigenvalue weighted by molar-refractivity contribution is 6.71. The van der Waals surface area contributed by atoms with Gasteiger partial charge in [-0.15, -0.1) is 0 Å². The third-order valence-corrected chi connectivity index (χ3v) is 9.91. The highest BCUT2D eigenvalue weighted by Gasteiger charge is 2.25. The molecule has 0 aromatic rings. The number of hydrogen-bond donors (Lipinski definition) is 0. The fourth-order valence-electron chi connectivity index (χ4n) is 2.86. The van der Waals surface area contributed by atoms with Gasteiger partial charge in [-0.1, -0.05) is 0 Å². The van der Waals surface area contributed by atoms with Gasteiger partial charge in [-0.2, -0.15) is 0 Å². The molecule has 2 fully saturated rings. The molecule has 0 N–H and O–H groups in total. The van der Waals surface area contributed by atoms with Crippen LogP contribution < -0.4 is 0 Å². The van der Waals surface area contributed by atoms with E-state index in [-0.39, 0.29) is 0 Å². The van der Waals surface area contributed by atoms with Crippen molar-refractivity contribution in [3.05, 3.63) is 0 Å². The SMILES string of the molecule is C[Si](C)(CCCOCC1CO1)OCCCO[Si](C)(C)CCCOCC1CO1. The number of hydrogen-bond acceptors (Lipinski definition) is 6. The summed E-state index contributed by atoms with van der Waals surface area (Å²) in [6.07, 6.45) is 3.88. The zero-order chi connectivity index (χ0) is 19.6. The lowest BCUT2D eigenvalue weighted by Gasteiger charge is -2.25. The van der Waals surface area contributed by atoms with Gasteiger partial charge in [0.25, 0.3) is 0 Å². The first-order chi connectivity index (χ1) is 12.9. The molecule has 8 heteroatoms. The van der Waals surface area contributed by atoms with Crippen LogP contribution in [0.1, 0.15) is 19.3 Å². The van der Waals surface area contributed by atoms with Crippen LogP contribution in [-0.2, 0) is 27.8 Å². The van der Waals surface area contributed by atoms with E-state index in [0.717, 1.165) is 84.2 Å². The normalized spacial score (nSPS) is 22.2. The third kappa shape index (κ3) is 13.1. The fraction of sp³-hybridized carbons (Fsp3) is 1.00. The molecule has 2 aliphatic rings. The van der Waals surface area contributed by atoms with Crippen LogP contribution in [0.25, 0.3) is 0 Å². The minimum Gasteiger partial charge on any atom is -0.417 e. The molecule has 0 saturated carbocycles. The van der Waals surface area contributed by atoms with Crippen molar-refractivity contribution in [1.29, 1.82) is 0 Å². The Morgan fingerprint density at radius 3 is 1.44 bits per heavy atom. The van der Waals surface area contributed by atoms with Gasteiger partial charge in [0.15, 0.2) is 16.6 Å². The van der Waals surface area contributed by atoms with Gasteiger partial charge in [0.05, 0.1) is 26.4 Å². The molecule has 0 aromatic heterocycles. The molecule has 0 amide bonds. The summed E-state index contributed by atoms with van der Waals surface area (Å²) < 4.78 is 33.9. The van der Waals surface area contributed by atoms with E-state index in [1.807, 2.05) is 0 Å². The van der Waals surface area contributed by atoms with Crippen LogP contribution >= 0.6 is 0 Å². The van der Waals surface area contributed by atoms with Crippen molar-refractivity contribution in [2.75, 3.05) is 52.9 Å². The summed E-state index contributed by atoms with van der Waals surface area (Å²) in [5, 5.41) is 0. The third-order valence-electron chi connectivity index (χ3n) is 4.82. The maximum absolute atomic E-state index is 6.19. The maximum Gasteiger partial charge on any atom is 0.186 e. The summed E-state index contributed by atoms with van der Waals surface area (Å²) in [4.78, 5) is 0. The molecular formula is C19H40O6Si2. The Kier molecular flexibility index (Phi) is 10.4. The molecule has 2 unspecified atom stereocenters. The van der Waals surface area contributed by atoms with Gasteiger partial charge in [0.2, 0.25) is 0 Å². The average molecular weight is 421 g/mol. The Labute approximate surface area is 167 Å². The highest BCUT2D eigenvalue weighted by atomic mass is 28.4. The molecule has 160 valence electrons. The average Bonchev–Trinajstić information content (AvgIpc) is 3.48. The summed E-state index contributed by atoms with van der Waals surface area (Å²) in [6, 6.07) is 2.29. The monoisotopic (exact) mass is 420 g/mol. The van der Waals surface area contributed by atoms with Gasteiger partial charge in [0, 0.05) is 26.4 Å². The highest BCUT2D eigenvalue weighted by Crippen LogP contribution is 2.17. The molecular weight excluding hydrogens is 380 g/mol. The van der Waals surface area contributed by atoms with Gasteiger partial charge in [0.1, 0.15) is 12.2 Å². The molecule has 0 aliphatic carbocycles. The molecule has 2 heterocycles. The number of ether oxygens (including phenoxy) is 4. The van der Waals surface area contributed by atoms with Crippen LogP contribution in [0, 0.1) is 0 Å². The molecule has 2 rings (SSSR count). The molecule has 2 aliphatic heterocycles. The summed E-state index contributed by atoms with van der Waals surface area (Å²) in [5.74, 6) is 0. The maximum atomic E-state index is 6.19. The molecule has 2 saturated heterocycles. The second-order valence-corrected chi connectivity index (χ2v) is 17.5. The molecule has 0 spiro atoms. The molecule has 0 bridgehead atoms. The van der Waals surface area contributed by atoms with Gasteiger partial charge >= 0.3 is 0 Å². The van der Waals surface area contributed by atoms with E-state index < -0.39 is 16.6 Å². The van der Waals surface area contributed by atoms with Crippen LogP contribution in [0.3, 0.4) is 0 Å². The van der Waals surface area contributed by atoms with Crippen LogP contribution in [0.2, 0.25) is 38.3 Å². The predicted octanol–water partition coefficient (Wildman–Crippen LogP) is 3.43. The van der Waals surface area contributed by atoms with E-state index in [4.69, 9.17) is 27.8 Å². The van der Waals surface area contributed by atoms with Crippen molar-refractivity contribution in [3.63, 3.8) is 0 Å². The van der Waals surface area contributed by atoms with E-state index in [1.165, 1.54) is 0 Å². The predicted molar refractivity (Wildman–Crippen MR) is 111 cm³/mol. The molecule has 6 nitrogen and oxygen atoms in total. The van der Waals surface area contributed by atoms with E-state index in [1.54, 1.807) is 0 Å². The lowest BCUT2D eigenvalue weighted by molar-refractivity contribution is 0.115. The minimum atomic E-state index is -1.58. The Morgan fingerprint density at radius 2 is 1.07 bits per heavy atom. The molecule has 0 aromatic carbocycles. The first-order valence-corrected chi connectivity index (χ1v) is 16.8. The van der Waals surface area contributed by atoms with Crippen molar-refractivity contribution in [1.82, 2.24) is 0 Å². The lowest BCUT2D eigenvalue weighted by atomic mass is 10.5. The smallest absolute Gasteiger partial charge is 0.186 e. The Morgan fingerprint density at radius 1 is 0.667 bits per heavy atom. The summed E-state index contributed by atoms with van der Waals surface area (Å²) in [5.41, 5.74) is 0. The summed E-state index contributed by atoms with van der Waals surface area (Å²) >= 11 is 0. The number of epoxide rings is 2. The standard InChI is InChI=1S/C19H40O6Si2/c1-26(2,12-6-8-20-14-18-16-22-18)24-10-5-11-25-27(3,4)13-7-9-21-15-19-17-23-19/h18-19H,5-17H2,1-4H3. The van der Waals surface area contributed by atoms with Gasteiger partial charge in [-0.25, -0.2) is 0 Å². The zero-order valence-corrected chi connectivity index (χ0v) is 19.8. The van der Waals surface area contributed by atoms with Gasteiger partial charge in [-0.05, 0) is 57.5 Å². The topological polar surface area (TPSA) is 62.0 Å². The Bertz CT molecular complexity index is 364. The second-order valence-electron chi connectivity index (χ2n) is 8.84. The van der Waals surface area contributed by atoms with Crippen molar-refractivity contribution >= 4 is 16.6 Å². The van der Waals surface area contributed by atoms with Crippen LogP contribution in [-0.4, -0.2) is 81.7 Å². The van der Waals surface area contributed by atoms with Crippen molar-refractivity contribution in [3.8, 4) is 0 Å². The zero-order valence-electron chi connectivity index (χ0n) is 17.8. The van der Waals surface area contributed by atoms with E-state index >= 15 is 0 Å². The summed E-state index contributed by atoms with van der Waals surface area (Å²) in [6.45, 7) is 15.7. The first-order valence-electron chi connectivity index (χ1n) is 10.5. The van der Waals surface area contributed by atoms with Gasteiger partial charge in [-0.3, -0.25) is 0 Å². The van der Waals surface area contributed by atoms with Crippen LogP contribution in [0.15, 0.2) is 0 Å². The largest absolute Gasteiger partial charge is 0.417 e. The first kappa shape index (κ1) is 23.5. The van der Waals surface area contributed by atoms with E-state index in [9.17, 15) is 0 Å². The fourth-order valence-corrected chi connectivity index (χ4v) is 6.53. The Hall–Kier alpha value is 0.194. The molecule has 27 heavy (non-hydrogen) atoms. The quantitative estimate of drug-likeness (QED) is 0.192. The van der Waals surface area contributed by atoms with Crippen LogP contribution in [0.5, 0.6) is 0 Å². The molecule has 0 radical (unpaired) electrons. The van der Waals surface area contributed by atoms with Crippen molar-refractivity contribution < 1.29 is 27.8 Å². The van der Waals surface area contributed by atoms with E-state index in [0.29, 0.717) is 12.2 Å². The lowest BCUT2D eigenvalue weighted by Crippen LogP contribution is -2.33. The minimum absolute atomic E-state index is 0.365. The second kappa shape index (κ2) is 12.0. The summed E-state index contributed by atoms with van der Waals surface area (Å²) in [7, 11) is -3.15.